The summed E-state index contributed by atoms with van der Waals surface area (Å²) in [7, 11) is -2.97. The summed E-state index contributed by atoms with van der Waals surface area (Å²) in [6.45, 7) is 5.86. The van der Waals surface area contributed by atoms with E-state index in [2.05, 4.69) is 21.8 Å². The van der Waals surface area contributed by atoms with Gasteiger partial charge in [0.2, 0.25) is 0 Å². The van der Waals surface area contributed by atoms with E-state index in [0.29, 0.717) is 58.8 Å². The molecule has 3 N–H and O–H groups in total. The van der Waals surface area contributed by atoms with E-state index in [1.165, 1.54) is 24.7 Å². The molecule has 2 aromatic heterocycles. The van der Waals surface area contributed by atoms with Gasteiger partial charge in [0.15, 0.2) is 21.5 Å². The third-order valence-electron chi connectivity index (χ3n) is 7.48. The van der Waals surface area contributed by atoms with Crippen LogP contribution in [0.25, 0.3) is 0 Å². The van der Waals surface area contributed by atoms with Gasteiger partial charge in [0, 0.05) is 67.1 Å². The lowest BCUT2D eigenvalue weighted by Gasteiger charge is -2.55. The molecule has 0 saturated carbocycles. The van der Waals surface area contributed by atoms with Crippen molar-refractivity contribution in [2.24, 2.45) is 0 Å². The van der Waals surface area contributed by atoms with Crippen LogP contribution in [0.2, 0.25) is 10.0 Å². The second-order valence-electron chi connectivity index (χ2n) is 10.4. The highest BCUT2D eigenvalue weighted by Gasteiger charge is 2.46. The Morgan fingerprint density at radius 1 is 1.15 bits per heavy atom. The number of nitrogens with two attached hydrogens (primary N) is 1. The standard InChI is InChI=1S/C27H29Cl2FN6O3S/c1-16(24-20(28)12-33-13-21(24)29)39-18-3-4-23(31)19(10-18)25(32)17-9-22(30)26(34-11-17)35-14-27(2,15-35)36-5-7-40(37,38)8-6-36/h3-4,9-13,16,32H,5-8,14-15,31H2,1-2H3/t16-/m1/s1. The van der Waals surface area contributed by atoms with Crippen LogP contribution in [0, 0.1) is 11.2 Å². The fourth-order valence-electron chi connectivity index (χ4n) is 5.23. The molecule has 13 heteroatoms. The van der Waals surface area contributed by atoms with E-state index in [9.17, 15) is 8.42 Å². The van der Waals surface area contributed by atoms with E-state index in [-0.39, 0.29) is 34.1 Å². The van der Waals surface area contributed by atoms with Crippen LogP contribution in [0.1, 0.15) is 36.6 Å². The Balaban J connectivity index is 1.29. The number of nitrogens with one attached hydrogen (secondary N) is 1. The first-order valence-corrected chi connectivity index (χ1v) is 15.2. The molecule has 0 unspecified atom stereocenters. The van der Waals surface area contributed by atoms with Crippen LogP contribution in [-0.4, -0.2) is 72.2 Å². The number of hydrogen-bond donors (Lipinski definition) is 2. The topological polar surface area (TPSA) is 125 Å². The molecule has 212 valence electrons. The molecule has 1 atom stereocenters. The van der Waals surface area contributed by atoms with Crippen LogP contribution in [0.15, 0.2) is 42.9 Å². The Morgan fingerprint density at radius 3 is 2.42 bits per heavy atom. The number of sulfone groups is 1. The molecule has 4 heterocycles. The number of rotatable bonds is 7. The van der Waals surface area contributed by atoms with Crippen molar-refractivity contribution in [2.45, 2.75) is 25.5 Å². The average Bonchev–Trinajstić information content (AvgIpc) is 2.87. The number of hydrogen-bond acceptors (Lipinski definition) is 9. The number of aromatic nitrogens is 2. The number of anilines is 2. The van der Waals surface area contributed by atoms with Gasteiger partial charge in [-0.1, -0.05) is 23.2 Å². The highest BCUT2D eigenvalue weighted by Crippen LogP contribution is 2.35. The first kappa shape index (κ1) is 28.5. The molecular weight excluding hydrogens is 578 g/mol. The summed E-state index contributed by atoms with van der Waals surface area (Å²) in [4.78, 5) is 12.3. The van der Waals surface area contributed by atoms with Gasteiger partial charge < -0.3 is 15.4 Å². The zero-order valence-corrected chi connectivity index (χ0v) is 24.3. The highest BCUT2D eigenvalue weighted by molar-refractivity contribution is 7.91. The van der Waals surface area contributed by atoms with Crippen molar-refractivity contribution in [3.05, 3.63) is 75.4 Å². The molecule has 0 bridgehead atoms. The Hall–Kier alpha value is -2.99. The molecular formula is C27H29Cl2FN6O3S. The molecule has 2 aliphatic rings. The minimum atomic E-state index is -2.97. The molecule has 5 rings (SSSR count). The normalized spacial score (nSPS) is 19.1. The van der Waals surface area contributed by atoms with Gasteiger partial charge in [-0.25, -0.2) is 17.8 Å². The summed E-state index contributed by atoms with van der Waals surface area (Å²) in [6.07, 6.45) is 3.91. The van der Waals surface area contributed by atoms with Crippen molar-refractivity contribution < 1.29 is 17.5 Å². The molecule has 1 aromatic carbocycles. The Morgan fingerprint density at radius 2 is 1.80 bits per heavy atom. The summed E-state index contributed by atoms with van der Waals surface area (Å²) in [5.74, 6) is 0.369. The van der Waals surface area contributed by atoms with E-state index in [1.54, 1.807) is 25.1 Å². The maximum atomic E-state index is 15.2. The quantitative estimate of drug-likeness (QED) is 0.300. The van der Waals surface area contributed by atoms with Crippen molar-refractivity contribution in [3.8, 4) is 5.75 Å². The molecule has 0 radical (unpaired) electrons. The van der Waals surface area contributed by atoms with Gasteiger partial charge in [0.1, 0.15) is 11.9 Å². The van der Waals surface area contributed by atoms with E-state index >= 15 is 4.39 Å². The average molecular weight is 608 g/mol. The summed E-state index contributed by atoms with van der Waals surface area (Å²) in [5, 5.41) is 9.47. The lowest BCUT2D eigenvalue weighted by molar-refractivity contribution is 0.0830. The summed E-state index contributed by atoms with van der Waals surface area (Å²) < 4.78 is 44.8. The van der Waals surface area contributed by atoms with Crippen molar-refractivity contribution >= 4 is 50.3 Å². The first-order chi connectivity index (χ1) is 18.9. The molecule has 2 saturated heterocycles. The van der Waals surface area contributed by atoms with E-state index in [4.69, 9.17) is 39.1 Å². The van der Waals surface area contributed by atoms with Gasteiger partial charge >= 0.3 is 0 Å². The van der Waals surface area contributed by atoms with Gasteiger partial charge in [-0.05, 0) is 38.1 Å². The fraction of sp³-hybridized carbons (Fsp3) is 0.370. The zero-order valence-electron chi connectivity index (χ0n) is 22.0. The van der Waals surface area contributed by atoms with Crippen LogP contribution in [0.3, 0.4) is 0 Å². The van der Waals surface area contributed by atoms with Crippen LogP contribution >= 0.6 is 23.2 Å². The molecule has 3 aromatic rings. The number of halogens is 3. The molecule has 9 nitrogen and oxygen atoms in total. The number of pyridine rings is 2. The lowest BCUT2D eigenvalue weighted by atomic mass is 9.89. The predicted molar refractivity (Wildman–Crippen MR) is 155 cm³/mol. The molecule has 0 aliphatic carbocycles. The molecule has 2 aliphatic heterocycles. The smallest absolute Gasteiger partial charge is 0.166 e. The minimum absolute atomic E-state index is 0.00324. The lowest BCUT2D eigenvalue weighted by Crippen LogP contribution is -2.70. The second kappa shape index (κ2) is 10.8. The first-order valence-electron chi connectivity index (χ1n) is 12.7. The SMILES string of the molecule is C[C@@H](Oc1ccc(N)c(C(=N)c2cnc(N3CC(C)(N4CCS(=O)(=O)CC4)C3)c(F)c2)c1)c1c(Cl)cncc1Cl. The van der Waals surface area contributed by atoms with Crippen LogP contribution in [-0.2, 0) is 9.84 Å². The van der Waals surface area contributed by atoms with Gasteiger partial charge in [-0.15, -0.1) is 0 Å². The Kier molecular flexibility index (Phi) is 7.68. The summed E-state index contributed by atoms with van der Waals surface area (Å²) in [6, 6.07) is 6.18. The molecule has 2 fully saturated rings. The third kappa shape index (κ3) is 5.60. The number of nitrogens with zero attached hydrogens (tertiary/aromatic N) is 4. The molecule has 0 amide bonds. The third-order valence-corrected chi connectivity index (χ3v) is 9.70. The summed E-state index contributed by atoms with van der Waals surface area (Å²) in [5.41, 5.74) is 7.47. The van der Waals surface area contributed by atoms with Gasteiger partial charge in [-0.2, -0.15) is 0 Å². The zero-order chi connectivity index (χ0) is 28.8. The monoisotopic (exact) mass is 606 g/mol. The molecule has 0 spiro atoms. The van der Waals surface area contributed by atoms with E-state index in [1.807, 2.05) is 4.90 Å². The Labute approximate surface area is 242 Å². The Bertz CT molecular complexity index is 1550. The van der Waals surface area contributed by atoms with E-state index in [0.717, 1.165) is 0 Å². The van der Waals surface area contributed by atoms with Gasteiger partial charge in [-0.3, -0.25) is 15.3 Å². The van der Waals surface area contributed by atoms with Gasteiger partial charge in [0.05, 0.1) is 32.8 Å². The second-order valence-corrected chi connectivity index (χ2v) is 13.5. The van der Waals surface area contributed by atoms with Crippen molar-refractivity contribution in [1.29, 1.82) is 5.41 Å². The molecule has 40 heavy (non-hydrogen) atoms. The predicted octanol–water partition coefficient (Wildman–Crippen LogP) is 4.37. The number of nitrogen functional groups attached to an aromatic ring is 1. The van der Waals surface area contributed by atoms with E-state index < -0.39 is 21.8 Å². The van der Waals surface area contributed by atoms with Crippen molar-refractivity contribution in [1.82, 2.24) is 14.9 Å². The summed E-state index contributed by atoms with van der Waals surface area (Å²) >= 11 is 12.5. The number of benzene rings is 1. The number of ether oxygens (including phenoxy) is 1. The largest absolute Gasteiger partial charge is 0.486 e. The van der Waals surface area contributed by atoms with Gasteiger partial charge in [0.25, 0.3) is 0 Å². The van der Waals surface area contributed by atoms with Crippen LogP contribution < -0.4 is 15.4 Å². The maximum Gasteiger partial charge on any atom is 0.166 e. The van der Waals surface area contributed by atoms with Crippen molar-refractivity contribution in [2.75, 3.05) is 48.3 Å². The fourth-order valence-corrected chi connectivity index (χ4v) is 7.10. The maximum absolute atomic E-state index is 15.2. The van der Waals surface area contributed by atoms with Crippen LogP contribution in [0.4, 0.5) is 15.9 Å². The minimum Gasteiger partial charge on any atom is -0.486 e. The van der Waals surface area contributed by atoms with Crippen LogP contribution in [0.5, 0.6) is 5.75 Å². The highest BCUT2D eigenvalue weighted by atomic mass is 35.5. The van der Waals surface area contributed by atoms with Crippen molar-refractivity contribution in [3.63, 3.8) is 0 Å².